The molecule has 5 rings (SSSR count). The Morgan fingerprint density at radius 2 is 1.81 bits per heavy atom. The zero-order chi connectivity index (χ0) is 21.4. The number of benzene rings is 1. The monoisotopic (exact) mass is 431 g/mol. The van der Waals surface area contributed by atoms with Crippen LogP contribution in [0.4, 0.5) is 11.4 Å². The summed E-state index contributed by atoms with van der Waals surface area (Å²) in [5, 5.41) is 4.30. The summed E-state index contributed by atoms with van der Waals surface area (Å²) in [7, 11) is 4.12. The quantitative estimate of drug-likeness (QED) is 0.559. The van der Waals surface area contributed by atoms with Gasteiger partial charge in [0.25, 0.3) is 0 Å². The molecule has 2 aromatic heterocycles. The largest absolute Gasteiger partial charge is 0.378 e. The molecule has 0 spiro atoms. The molecule has 1 N–H and O–H groups in total. The van der Waals surface area contributed by atoms with Crippen LogP contribution in [0.25, 0.3) is 0 Å². The van der Waals surface area contributed by atoms with Crippen LogP contribution in [-0.4, -0.2) is 28.8 Å². The van der Waals surface area contributed by atoms with E-state index in [0.29, 0.717) is 6.04 Å². The predicted molar refractivity (Wildman–Crippen MR) is 131 cm³/mol. The first kappa shape index (κ1) is 20.1. The van der Waals surface area contributed by atoms with E-state index in [-0.39, 0.29) is 12.1 Å². The van der Waals surface area contributed by atoms with Gasteiger partial charge in [-0.15, -0.1) is 0 Å². The fraction of sp³-hybridized carbons (Fsp3) is 0.360. The van der Waals surface area contributed by atoms with Gasteiger partial charge in [-0.05, 0) is 73.1 Å². The highest BCUT2D eigenvalue weighted by molar-refractivity contribution is 7.80. The Bertz CT molecular complexity index is 1040. The average Bonchev–Trinajstić information content (AvgIpc) is 3.54. The summed E-state index contributed by atoms with van der Waals surface area (Å²) in [4.78, 5) is 9.02. The first-order valence-electron chi connectivity index (χ1n) is 11.1. The Hall–Kier alpha value is -2.86. The molecule has 1 saturated carbocycles. The molecule has 0 amide bonds. The maximum absolute atomic E-state index is 5.84. The zero-order valence-corrected chi connectivity index (χ0v) is 18.9. The van der Waals surface area contributed by atoms with Gasteiger partial charge < -0.3 is 19.7 Å². The Morgan fingerprint density at radius 1 is 1.03 bits per heavy atom. The van der Waals surface area contributed by atoms with Crippen molar-refractivity contribution in [2.75, 3.05) is 23.9 Å². The molecular weight excluding hydrogens is 402 g/mol. The first-order chi connectivity index (χ1) is 15.1. The molecule has 0 bridgehead atoms. The van der Waals surface area contributed by atoms with Crippen LogP contribution in [0.3, 0.4) is 0 Å². The minimum Gasteiger partial charge on any atom is -0.378 e. The van der Waals surface area contributed by atoms with E-state index >= 15 is 0 Å². The van der Waals surface area contributed by atoms with Crippen molar-refractivity contribution >= 4 is 28.7 Å². The van der Waals surface area contributed by atoms with Crippen molar-refractivity contribution in [3.05, 3.63) is 78.4 Å². The lowest BCUT2D eigenvalue weighted by Crippen LogP contribution is -2.29. The van der Waals surface area contributed by atoms with Crippen molar-refractivity contribution in [1.29, 1.82) is 0 Å². The molecule has 5 nitrogen and oxygen atoms in total. The van der Waals surface area contributed by atoms with Crippen LogP contribution in [0.5, 0.6) is 0 Å². The Kier molecular flexibility index (Phi) is 5.40. The summed E-state index contributed by atoms with van der Waals surface area (Å²) in [6.45, 7) is 0. The molecule has 1 aliphatic carbocycles. The lowest BCUT2D eigenvalue weighted by molar-refractivity contribution is 0.515. The lowest BCUT2D eigenvalue weighted by atomic mass is 9.98. The molecule has 3 heterocycles. The van der Waals surface area contributed by atoms with Crippen LogP contribution in [0.2, 0.25) is 0 Å². The van der Waals surface area contributed by atoms with Gasteiger partial charge >= 0.3 is 0 Å². The van der Waals surface area contributed by atoms with E-state index in [4.69, 9.17) is 12.2 Å². The second-order valence-corrected chi connectivity index (χ2v) is 9.12. The molecule has 0 radical (unpaired) electrons. The summed E-state index contributed by atoms with van der Waals surface area (Å²) < 4.78 is 2.41. The first-order valence-corrected chi connectivity index (χ1v) is 11.5. The number of rotatable bonds is 5. The molecule has 2 atom stereocenters. The number of anilines is 2. The molecule has 160 valence electrons. The van der Waals surface area contributed by atoms with Gasteiger partial charge in [0.2, 0.25) is 0 Å². The molecule has 1 aliphatic heterocycles. The molecule has 2 fully saturated rings. The standard InChI is InChI=1S/C25H29N5S/c1-28(2)19-10-12-21(13-11-19)30-24(18-14-16-29(17-18)20-7-3-4-8-20)23(27-25(30)31)22-9-5-6-15-26-22/h5-6,9-17,20,23-24H,3-4,7-8H2,1-2H3,(H,27,31)/t23-,24-/m1/s1. The number of aromatic nitrogens is 2. The van der Waals surface area contributed by atoms with Crippen molar-refractivity contribution in [3.8, 4) is 0 Å². The van der Waals surface area contributed by atoms with E-state index in [2.05, 4.69) is 87.6 Å². The van der Waals surface area contributed by atoms with E-state index < -0.39 is 0 Å². The average molecular weight is 432 g/mol. The fourth-order valence-electron chi connectivity index (χ4n) is 4.92. The van der Waals surface area contributed by atoms with E-state index in [9.17, 15) is 0 Å². The van der Waals surface area contributed by atoms with E-state index in [1.54, 1.807) is 0 Å². The predicted octanol–water partition coefficient (Wildman–Crippen LogP) is 5.24. The molecule has 1 aromatic carbocycles. The molecule has 6 heteroatoms. The van der Waals surface area contributed by atoms with Crippen LogP contribution < -0.4 is 15.1 Å². The summed E-state index contributed by atoms with van der Waals surface area (Å²) >= 11 is 5.84. The van der Waals surface area contributed by atoms with Gasteiger partial charge in [0.05, 0.1) is 17.8 Å². The summed E-state index contributed by atoms with van der Waals surface area (Å²) in [5.74, 6) is 0. The topological polar surface area (TPSA) is 36.3 Å². The van der Waals surface area contributed by atoms with Crippen molar-refractivity contribution in [2.24, 2.45) is 0 Å². The SMILES string of the molecule is CN(C)c1ccc(N2C(=S)N[C@H](c3ccccn3)[C@H]2c2ccn(C3CCCC3)c2)cc1. The Labute approximate surface area is 189 Å². The smallest absolute Gasteiger partial charge is 0.174 e. The third-order valence-corrected chi connectivity index (χ3v) is 6.88. The number of thiocarbonyl (C=S) groups is 1. The second kappa shape index (κ2) is 8.35. The number of pyridine rings is 1. The maximum atomic E-state index is 5.84. The van der Waals surface area contributed by atoms with Crippen LogP contribution >= 0.6 is 12.2 Å². The van der Waals surface area contributed by atoms with Crippen LogP contribution in [0.1, 0.15) is 55.1 Å². The van der Waals surface area contributed by atoms with Crippen LogP contribution in [-0.2, 0) is 0 Å². The van der Waals surface area contributed by atoms with Gasteiger partial charge in [-0.2, -0.15) is 0 Å². The highest BCUT2D eigenvalue weighted by atomic mass is 32.1. The molecule has 3 aromatic rings. The highest BCUT2D eigenvalue weighted by Gasteiger charge is 2.41. The van der Waals surface area contributed by atoms with Crippen molar-refractivity contribution in [3.63, 3.8) is 0 Å². The van der Waals surface area contributed by atoms with Crippen molar-refractivity contribution in [1.82, 2.24) is 14.9 Å². The van der Waals surface area contributed by atoms with E-state index in [0.717, 1.165) is 16.5 Å². The molecular formula is C25H29N5S. The molecule has 2 aliphatic rings. The third kappa shape index (κ3) is 3.81. The second-order valence-electron chi connectivity index (χ2n) is 8.74. The van der Waals surface area contributed by atoms with Gasteiger partial charge in [-0.25, -0.2) is 0 Å². The third-order valence-electron chi connectivity index (χ3n) is 6.57. The Morgan fingerprint density at radius 3 is 2.48 bits per heavy atom. The van der Waals surface area contributed by atoms with E-state index in [1.165, 1.54) is 36.9 Å². The zero-order valence-electron chi connectivity index (χ0n) is 18.1. The normalized spacial score (nSPS) is 21.5. The maximum Gasteiger partial charge on any atom is 0.174 e. The van der Waals surface area contributed by atoms with Gasteiger partial charge in [-0.3, -0.25) is 4.98 Å². The minimum atomic E-state index is 0.00153. The summed E-state index contributed by atoms with van der Waals surface area (Å²) in [5.41, 5.74) is 4.55. The fourth-order valence-corrected chi connectivity index (χ4v) is 5.26. The van der Waals surface area contributed by atoms with Gasteiger partial charge in [0.15, 0.2) is 5.11 Å². The van der Waals surface area contributed by atoms with Crippen molar-refractivity contribution in [2.45, 2.75) is 43.8 Å². The van der Waals surface area contributed by atoms with Gasteiger partial charge in [-0.1, -0.05) is 18.9 Å². The summed E-state index contributed by atoms with van der Waals surface area (Å²) in [6.07, 6.45) is 11.6. The van der Waals surface area contributed by atoms with Crippen molar-refractivity contribution < 1.29 is 0 Å². The molecule has 0 unspecified atom stereocenters. The lowest BCUT2D eigenvalue weighted by Gasteiger charge is -2.28. The van der Waals surface area contributed by atoms with Gasteiger partial charge in [0, 0.05) is 50.1 Å². The van der Waals surface area contributed by atoms with Crippen LogP contribution in [0, 0.1) is 0 Å². The van der Waals surface area contributed by atoms with Gasteiger partial charge in [0.1, 0.15) is 0 Å². The molecule has 31 heavy (non-hydrogen) atoms. The van der Waals surface area contributed by atoms with Crippen LogP contribution in [0.15, 0.2) is 67.1 Å². The minimum absolute atomic E-state index is 0.00153. The highest BCUT2D eigenvalue weighted by Crippen LogP contribution is 2.42. The van der Waals surface area contributed by atoms with E-state index in [1.807, 2.05) is 18.3 Å². The molecule has 1 saturated heterocycles. The summed E-state index contributed by atoms with van der Waals surface area (Å²) in [6, 6.07) is 17.6. The number of nitrogens with zero attached hydrogens (tertiary/aromatic N) is 4. The Balaban J connectivity index is 1.54. The number of nitrogens with one attached hydrogen (secondary N) is 1. The number of hydrogen-bond acceptors (Lipinski definition) is 3. The number of hydrogen-bond donors (Lipinski definition) is 1.